The molecular weight excluding hydrogens is 286 g/mol. The number of hydrogen-bond acceptors (Lipinski definition) is 2. The zero-order valence-corrected chi connectivity index (χ0v) is 14.1. The molecule has 0 aliphatic rings. The molecule has 0 saturated carbocycles. The summed E-state index contributed by atoms with van der Waals surface area (Å²) in [4.78, 5) is 12.2. The molecule has 0 aliphatic heterocycles. The lowest BCUT2D eigenvalue weighted by Crippen LogP contribution is -2.30. The summed E-state index contributed by atoms with van der Waals surface area (Å²) < 4.78 is 5.69. The van der Waals surface area contributed by atoms with Crippen LogP contribution in [0.4, 0.5) is 5.69 Å². The fourth-order valence-corrected chi connectivity index (χ4v) is 2.33. The van der Waals surface area contributed by atoms with Gasteiger partial charge in [0.25, 0.3) is 5.91 Å². The first-order valence-electron chi connectivity index (χ1n) is 8.21. The summed E-state index contributed by atoms with van der Waals surface area (Å²) in [7, 11) is 0. The maximum atomic E-state index is 12.2. The summed E-state index contributed by atoms with van der Waals surface area (Å²) in [5, 5.41) is 2.90. The van der Waals surface area contributed by atoms with E-state index >= 15 is 0 Å². The highest BCUT2D eigenvalue weighted by atomic mass is 16.5. The van der Waals surface area contributed by atoms with E-state index < -0.39 is 6.10 Å². The van der Waals surface area contributed by atoms with Gasteiger partial charge in [0.2, 0.25) is 0 Å². The molecule has 0 fully saturated rings. The molecule has 0 heterocycles. The van der Waals surface area contributed by atoms with Gasteiger partial charge >= 0.3 is 0 Å². The molecule has 1 N–H and O–H groups in total. The van der Waals surface area contributed by atoms with E-state index in [9.17, 15) is 4.79 Å². The van der Waals surface area contributed by atoms with E-state index in [4.69, 9.17) is 4.74 Å². The normalized spacial score (nSPS) is 11.8. The largest absolute Gasteiger partial charge is 0.481 e. The van der Waals surface area contributed by atoms with Gasteiger partial charge in [0.15, 0.2) is 6.10 Å². The van der Waals surface area contributed by atoms with Crippen molar-refractivity contribution >= 4 is 11.6 Å². The number of anilines is 1. The smallest absolute Gasteiger partial charge is 0.265 e. The molecule has 0 aromatic heterocycles. The second-order valence-electron chi connectivity index (χ2n) is 5.87. The molecule has 2 aromatic rings. The van der Waals surface area contributed by atoms with Gasteiger partial charge < -0.3 is 10.1 Å². The van der Waals surface area contributed by atoms with Gasteiger partial charge in [-0.15, -0.1) is 0 Å². The van der Waals surface area contributed by atoms with Crippen LogP contribution in [0.15, 0.2) is 48.5 Å². The molecule has 0 spiro atoms. The number of amides is 1. The highest BCUT2D eigenvalue weighted by molar-refractivity contribution is 5.94. The van der Waals surface area contributed by atoms with E-state index in [1.165, 1.54) is 18.4 Å². The Morgan fingerprint density at radius 1 is 1.17 bits per heavy atom. The fourth-order valence-electron chi connectivity index (χ4n) is 2.33. The number of carbonyl (C=O) groups excluding carboxylic acids is 1. The lowest BCUT2D eigenvalue weighted by Gasteiger charge is -2.15. The van der Waals surface area contributed by atoms with Crippen LogP contribution in [0.3, 0.4) is 0 Å². The number of hydrogen-bond donors (Lipinski definition) is 1. The zero-order valence-electron chi connectivity index (χ0n) is 14.1. The first-order valence-corrected chi connectivity index (χ1v) is 8.21. The van der Waals surface area contributed by atoms with Gasteiger partial charge in [-0.25, -0.2) is 0 Å². The lowest BCUT2D eigenvalue weighted by molar-refractivity contribution is -0.122. The van der Waals surface area contributed by atoms with Gasteiger partial charge in [0, 0.05) is 5.69 Å². The van der Waals surface area contributed by atoms with Crippen LogP contribution in [0.2, 0.25) is 0 Å². The van der Waals surface area contributed by atoms with Crippen molar-refractivity contribution in [1.29, 1.82) is 0 Å². The lowest BCUT2D eigenvalue weighted by atomic mass is 10.1. The third-order valence-corrected chi connectivity index (χ3v) is 3.71. The van der Waals surface area contributed by atoms with E-state index in [0.29, 0.717) is 5.75 Å². The fraction of sp³-hybridized carbons (Fsp3) is 0.350. The molecule has 3 heteroatoms. The quantitative estimate of drug-likeness (QED) is 0.802. The van der Waals surface area contributed by atoms with Crippen LogP contribution in [0.5, 0.6) is 5.75 Å². The Morgan fingerprint density at radius 2 is 1.91 bits per heavy atom. The highest BCUT2D eigenvalue weighted by Gasteiger charge is 2.14. The third-order valence-electron chi connectivity index (χ3n) is 3.71. The van der Waals surface area contributed by atoms with Gasteiger partial charge in [-0.1, -0.05) is 37.6 Å². The molecule has 2 rings (SSSR count). The second-order valence-corrected chi connectivity index (χ2v) is 5.87. The van der Waals surface area contributed by atoms with Crippen LogP contribution in [0.25, 0.3) is 0 Å². The Hall–Kier alpha value is -2.29. The Balaban J connectivity index is 1.90. The van der Waals surface area contributed by atoms with Crippen molar-refractivity contribution in [3.8, 4) is 5.75 Å². The monoisotopic (exact) mass is 311 g/mol. The molecular formula is C20H25NO2. The Labute approximate surface area is 138 Å². The average Bonchev–Trinajstić information content (AvgIpc) is 2.54. The van der Waals surface area contributed by atoms with Crippen molar-refractivity contribution < 1.29 is 9.53 Å². The van der Waals surface area contributed by atoms with Crippen LogP contribution in [0, 0.1) is 6.92 Å². The van der Waals surface area contributed by atoms with Gasteiger partial charge in [0.1, 0.15) is 5.75 Å². The summed E-state index contributed by atoms with van der Waals surface area (Å²) in [6.07, 6.45) is 2.91. The van der Waals surface area contributed by atoms with Crippen molar-refractivity contribution in [3.05, 3.63) is 59.7 Å². The van der Waals surface area contributed by atoms with Crippen LogP contribution in [-0.4, -0.2) is 12.0 Å². The van der Waals surface area contributed by atoms with E-state index in [-0.39, 0.29) is 5.91 Å². The van der Waals surface area contributed by atoms with E-state index in [0.717, 1.165) is 17.7 Å². The Bertz CT molecular complexity index is 634. The minimum Gasteiger partial charge on any atom is -0.481 e. The topological polar surface area (TPSA) is 38.3 Å². The first kappa shape index (κ1) is 17.1. The molecule has 0 radical (unpaired) electrons. The van der Waals surface area contributed by atoms with Gasteiger partial charge in [-0.3, -0.25) is 4.79 Å². The number of ether oxygens (including phenoxy) is 1. The number of nitrogens with one attached hydrogen (secondary N) is 1. The SMILES string of the molecule is CCCCc1ccc(NC(=O)[C@H](C)Oc2cccc(C)c2)cc1. The van der Waals surface area contributed by atoms with Crippen molar-refractivity contribution in [2.24, 2.45) is 0 Å². The molecule has 3 nitrogen and oxygen atoms in total. The number of benzene rings is 2. The molecule has 0 saturated heterocycles. The molecule has 0 aliphatic carbocycles. The van der Waals surface area contributed by atoms with Gasteiger partial charge in [-0.2, -0.15) is 0 Å². The molecule has 0 unspecified atom stereocenters. The van der Waals surface area contributed by atoms with Crippen molar-refractivity contribution in [1.82, 2.24) is 0 Å². The number of aryl methyl sites for hydroxylation is 2. The molecule has 2 aromatic carbocycles. The van der Waals surface area contributed by atoms with Crippen molar-refractivity contribution in [2.45, 2.75) is 46.1 Å². The maximum absolute atomic E-state index is 12.2. The summed E-state index contributed by atoms with van der Waals surface area (Å²) in [5.41, 5.74) is 3.21. The highest BCUT2D eigenvalue weighted by Crippen LogP contribution is 2.16. The average molecular weight is 311 g/mol. The van der Waals surface area contributed by atoms with E-state index in [1.54, 1.807) is 6.92 Å². The molecule has 1 atom stereocenters. The van der Waals surface area contributed by atoms with E-state index in [1.807, 2.05) is 43.3 Å². The summed E-state index contributed by atoms with van der Waals surface area (Å²) >= 11 is 0. The molecule has 0 bridgehead atoms. The second kappa shape index (κ2) is 8.37. The Morgan fingerprint density at radius 3 is 2.57 bits per heavy atom. The summed E-state index contributed by atoms with van der Waals surface area (Å²) in [6, 6.07) is 15.7. The van der Waals surface area contributed by atoms with Crippen LogP contribution in [-0.2, 0) is 11.2 Å². The predicted octanol–water partition coefficient (Wildman–Crippen LogP) is 4.74. The third kappa shape index (κ3) is 5.44. The summed E-state index contributed by atoms with van der Waals surface area (Å²) in [6.45, 7) is 5.94. The molecule has 1 amide bonds. The van der Waals surface area contributed by atoms with Crippen LogP contribution in [0.1, 0.15) is 37.8 Å². The molecule has 122 valence electrons. The van der Waals surface area contributed by atoms with Crippen LogP contribution < -0.4 is 10.1 Å². The maximum Gasteiger partial charge on any atom is 0.265 e. The number of unbranched alkanes of at least 4 members (excludes halogenated alkanes) is 1. The van der Waals surface area contributed by atoms with E-state index in [2.05, 4.69) is 24.4 Å². The van der Waals surface area contributed by atoms with Crippen LogP contribution >= 0.6 is 0 Å². The van der Waals surface area contributed by atoms with Gasteiger partial charge in [0.05, 0.1) is 0 Å². The first-order chi connectivity index (χ1) is 11.1. The molecule has 23 heavy (non-hydrogen) atoms. The Kier molecular flexibility index (Phi) is 6.21. The van der Waals surface area contributed by atoms with Gasteiger partial charge in [-0.05, 0) is 62.1 Å². The standard InChI is InChI=1S/C20H25NO2/c1-4-5-8-17-10-12-18(13-11-17)21-20(22)16(3)23-19-9-6-7-15(2)14-19/h6-7,9-14,16H,4-5,8H2,1-3H3,(H,21,22)/t16-/m0/s1. The minimum absolute atomic E-state index is 0.146. The van der Waals surface area contributed by atoms with Crippen molar-refractivity contribution in [3.63, 3.8) is 0 Å². The summed E-state index contributed by atoms with van der Waals surface area (Å²) in [5.74, 6) is 0.565. The zero-order chi connectivity index (χ0) is 16.7. The predicted molar refractivity (Wildman–Crippen MR) is 95.0 cm³/mol. The number of carbonyl (C=O) groups is 1. The number of rotatable bonds is 7. The van der Waals surface area contributed by atoms with Crippen molar-refractivity contribution in [2.75, 3.05) is 5.32 Å². The minimum atomic E-state index is -0.545.